The van der Waals surface area contributed by atoms with E-state index < -0.39 is 0 Å². The number of hydrogen-bond acceptors (Lipinski definition) is 2. The fraction of sp³-hybridized carbons (Fsp3) is 0.636. The summed E-state index contributed by atoms with van der Waals surface area (Å²) in [5.74, 6) is 0. The maximum absolute atomic E-state index is 11.0. The van der Waals surface area contributed by atoms with Gasteiger partial charge < -0.3 is 0 Å². The first-order chi connectivity index (χ1) is 6.90. The molecule has 1 saturated carbocycles. The van der Waals surface area contributed by atoms with Crippen LogP contribution in [-0.2, 0) is 12.8 Å². The van der Waals surface area contributed by atoms with Gasteiger partial charge in [-0.15, -0.1) is 0 Å². The van der Waals surface area contributed by atoms with Gasteiger partial charge in [-0.1, -0.05) is 0 Å². The lowest BCUT2D eigenvalue weighted by Gasteiger charge is -2.08. The summed E-state index contributed by atoms with van der Waals surface area (Å²) in [7, 11) is 0. The van der Waals surface area contributed by atoms with Crippen LogP contribution in [0.2, 0.25) is 0 Å². The molecule has 1 heterocycles. The van der Waals surface area contributed by atoms with Gasteiger partial charge in [0.1, 0.15) is 5.69 Å². The fourth-order valence-electron chi connectivity index (χ4n) is 2.32. The zero-order valence-corrected chi connectivity index (χ0v) is 8.20. The quantitative estimate of drug-likeness (QED) is 0.668. The number of fused-ring (bicyclic) bond motifs is 1. The van der Waals surface area contributed by atoms with E-state index in [-0.39, 0.29) is 0 Å². The summed E-state index contributed by atoms with van der Waals surface area (Å²) in [5, 5.41) is 4.57. The van der Waals surface area contributed by atoms with Crippen LogP contribution >= 0.6 is 0 Å². The minimum Gasteiger partial charge on any atom is -0.296 e. The zero-order valence-electron chi connectivity index (χ0n) is 8.20. The highest BCUT2D eigenvalue weighted by atomic mass is 16.1. The summed E-state index contributed by atoms with van der Waals surface area (Å²) in [6.45, 7) is 0. The second-order valence-electron chi connectivity index (χ2n) is 4.31. The summed E-state index contributed by atoms with van der Waals surface area (Å²) in [4.78, 5) is 11.0. The summed E-state index contributed by atoms with van der Waals surface area (Å²) < 4.78 is 1.98. The van der Waals surface area contributed by atoms with Crippen molar-refractivity contribution >= 4 is 6.29 Å². The molecule has 0 bridgehead atoms. The first kappa shape index (κ1) is 8.21. The molecule has 1 aromatic heterocycles. The molecular formula is C11H14N2O. The molecule has 1 aromatic rings. The van der Waals surface area contributed by atoms with Crippen molar-refractivity contribution in [3.8, 4) is 0 Å². The third-order valence-electron chi connectivity index (χ3n) is 3.23. The van der Waals surface area contributed by atoms with Crippen LogP contribution in [0.15, 0.2) is 0 Å². The first-order valence-electron chi connectivity index (χ1n) is 5.45. The number of aromatic nitrogens is 2. The van der Waals surface area contributed by atoms with Crippen molar-refractivity contribution in [2.75, 3.05) is 0 Å². The molecule has 74 valence electrons. The van der Waals surface area contributed by atoms with E-state index in [0.717, 1.165) is 24.8 Å². The largest absolute Gasteiger partial charge is 0.296 e. The van der Waals surface area contributed by atoms with E-state index in [1.165, 1.54) is 36.9 Å². The van der Waals surface area contributed by atoms with Crippen molar-refractivity contribution in [3.63, 3.8) is 0 Å². The number of carbonyl (C=O) groups excluding carboxylic acids is 1. The fourth-order valence-corrected chi connectivity index (χ4v) is 2.32. The van der Waals surface area contributed by atoms with E-state index >= 15 is 0 Å². The Kier molecular flexibility index (Phi) is 1.72. The number of rotatable bonds is 2. The van der Waals surface area contributed by atoms with Crippen molar-refractivity contribution < 1.29 is 4.79 Å². The Bertz CT molecular complexity index is 377. The molecule has 3 nitrogen and oxygen atoms in total. The number of carbonyl (C=O) groups is 1. The SMILES string of the molecule is O=Cc1c2c(nn1C1CC1)CCCC2. The molecule has 3 heteroatoms. The highest BCUT2D eigenvalue weighted by molar-refractivity contribution is 5.75. The van der Waals surface area contributed by atoms with Crippen LogP contribution in [0.25, 0.3) is 0 Å². The zero-order chi connectivity index (χ0) is 9.54. The van der Waals surface area contributed by atoms with E-state index in [1.807, 2.05) is 4.68 Å². The molecular weight excluding hydrogens is 176 g/mol. The average molecular weight is 190 g/mol. The second-order valence-corrected chi connectivity index (χ2v) is 4.31. The Balaban J connectivity index is 2.11. The average Bonchev–Trinajstić information content (AvgIpc) is 2.99. The summed E-state index contributed by atoms with van der Waals surface area (Å²) >= 11 is 0. The maximum atomic E-state index is 11.0. The molecule has 0 aromatic carbocycles. The van der Waals surface area contributed by atoms with Crippen molar-refractivity contribution in [1.29, 1.82) is 0 Å². The van der Waals surface area contributed by atoms with Crippen LogP contribution in [0.5, 0.6) is 0 Å². The Morgan fingerprint density at radius 2 is 2.07 bits per heavy atom. The molecule has 0 unspecified atom stereocenters. The minimum absolute atomic E-state index is 0.529. The lowest BCUT2D eigenvalue weighted by molar-refractivity contribution is 0.111. The monoisotopic (exact) mass is 190 g/mol. The molecule has 0 N–H and O–H groups in total. The van der Waals surface area contributed by atoms with Gasteiger partial charge in [-0.2, -0.15) is 5.10 Å². The minimum atomic E-state index is 0.529. The number of aryl methyl sites for hydroxylation is 1. The number of aldehydes is 1. The lowest BCUT2D eigenvalue weighted by Crippen LogP contribution is -2.03. The number of nitrogens with zero attached hydrogens (tertiary/aromatic N) is 2. The highest BCUT2D eigenvalue weighted by Gasteiger charge is 2.30. The Morgan fingerprint density at radius 1 is 1.29 bits per heavy atom. The molecule has 3 rings (SSSR count). The third kappa shape index (κ3) is 1.11. The standard InChI is InChI=1S/C11H14N2O/c14-7-11-9-3-1-2-4-10(9)12-13(11)8-5-6-8/h7-8H,1-6H2. The predicted octanol–water partition coefficient (Wildman–Crippen LogP) is 1.91. The Hall–Kier alpha value is -1.12. The van der Waals surface area contributed by atoms with Gasteiger partial charge in [0.25, 0.3) is 0 Å². The van der Waals surface area contributed by atoms with Gasteiger partial charge in [-0.25, -0.2) is 0 Å². The van der Waals surface area contributed by atoms with Crippen molar-refractivity contribution in [2.45, 2.75) is 44.6 Å². The molecule has 0 amide bonds. The van der Waals surface area contributed by atoms with E-state index in [0.29, 0.717) is 6.04 Å². The van der Waals surface area contributed by atoms with Gasteiger partial charge in [0, 0.05) is 5.56 Å². The molecule has 2 aliphatic rings. The highest BCUT2D eigenvalue weighted by Crippen LogP contribution is 2.37. The third-order valence-corrected chi connectivity index (χ3v) is 3.23. The van der Waals surface area contributed by atoms with E-state index in [2.05, 4.69) is 5.10 Å². The molecule has 0 radical (unpaired) electrons. The molecule has 14 heavy (non-hydrogen) atoms. The normalized spacial score (nSPS) is 20.6. The van der Waals surface area contributed by atoms with Gasteiger partial charge in [0.05, 0.1) is 11.7 Å². The van der Waals surface area contributed by atoms with E-state index in [1.54, 1.807) is 0 Å². The van der Waals surface area contributed by atoms with Crippen molar-refractivity contribution in [3.05, 3.63) is 17.0 Å². The molecule has 0 atom stereocenters. The maximum Gasteiger partial charge on any atom is 0.168 e. The number of hydrogen-bond donors (Lipinski definition) is 0. The summed E-state index contributed by atoms with van der Waals surface area (Å²) in [6.07, 6.45) is 7.95. The topological polar surface area (TPSA) is 34.9 Å². The van der Waals surface area contributed by atoms with Crippen LogP contribution in [-0.4, -0.2) is 16.1 Å². The second kappa shape index (κ2) is 2.94. The molecule has 0 spiro atoms. The Morgan fingerprint density at radius 3 is 2.79 bits per heavy atom. The van der Waals surface area contributed by atoms with Crippen LogP contribution < -0.4 is 0 Å². The van der Waals surface area contributed by atoms with Gasteiger partial charge in [0.2, 0.25) is 0 Å². The summed E-state index contributed by atoms with van der Waals surface area (Å²) in [5.41, 5.74) is 3.28. The van der Waals surface area contributed by atoms with E-state index in [4.69, 9.17) is 0 Å². The smallest absolute Gasteiger partial charge is 0.168 e. The van der Waals surface area contributed by atoms with Gasteiger partial charge >= 0.3 is 0 Å². The molecule has 2 aliphatic carbocycles. The first-order valence-corrected chi connectivity index (χ1v) is 5.45. The van der Waals surface area contributed by atoms with Crippen LogP contribution in [0.3, 0.4) is 0 Å². The molecule has 0 saturated heterocycles. The van der Waals surface area contributed by atoms with Gasteiger partial charge in [-0.05, 0) is 38.5 Å². The Labute approximate surface area is 83.1 Å². The van der Waals surface area contributed by atoms with Gasteiger partial charge in [0.15, 0.2) is 6.29 Å². The van der Waals surface area contributed by atoms with Gasteiger partial charge in [-0.3, -0.25) is 9.48 Å². The lowest BCUT2D eigenvalue weighted by atomic mass is 9.96. The van der Waals surface area contributed by atoms with E-state index in [9.17, 15) is 4.79 Å². The van der Waals surface area contributed by atoms with Crippen molar-refractivity contribution in [2.24, 2.45) is 0 Å². The molecule has 1 fully saturated rings. The van der Waals surface area contributed by atoms with Crippen molar-refractivity contribution in [1.82, 2.24) is 9.78 Å². The van der Waals surface area contributed by atoms with Crippen LogP contribution in [0.1, 0.15) is 53.5 Å². The molecule has 0 aliphatic heterocycles. The van der Waals surface area contributed by atoms with Crippen LogP contribution in [0, 0.1) is 0 Å². The van der Waals surface area contributed by atoms with Crippen LogP contribution in [0.4, 0.5) is 0 Å². The summed E-state index contributed by atoms with van der Waals surface area (Å²) in [6, 6.07) is 0.529. The predicted molar refractivity (Wildman–Crippen MR) is 52.5 cm³/mol.